The molecule has 1 aromatic carbocycles. The summed E-state index contributed by atoms with van der Waals surface area (Å²) < 4.78 is 38.6. The van der Waals surface area contributed by atoms with E-state index in [2.05, 4.69) is 21.2 Å². The van der Waals surface area contributed by atoms with Crippen LogP contribution in [0.4, 0.5) is 4.39 Å². The zero-order valence-electron chi connectivity index (χ0n) is 12.1. The minimum Gasteiger partial charge on any atom is -0.309 e. The average Bonchev–Trinajstić information content (AvgIpc) is 2.44. The van der Waals surface area contributed by atoms with Crippen molar-refractivity contribution in [1.82, 2.24) is 5.32 Å². The third kappa shape index (κ3) is 4.05. The lowest BCUT2D eigenvalue weighted by Crippen LogP contribution is -2.41. The van der Waals surface area contributed by atoms with Crippen LogP contribution in [0.5, 0.6) is 0 Å². The van der Waals surface area contributed by atoms with Crippen LogP contribution in [0.3, 0.4) is 0 Å². The average molecular weight is 378 g/mol. The highest BCUT2D eigenvalue weighted by Crippen LogP contribution is 2.32. The van der Waals surface area contributed by atoms with Gasteiger partial charge in [-0.15, -0.1) is 0 Å². The Morgan fingerprint density at radius 3 is 2.81 bits per heavy atom. The number of nitrogens with one attached hydrogen (secondary N) is 1. The van der Waals surface area contributed by atoms with Gasteiger partial charge in [0.2, 0.25) is 0 Å². The Kier molecular flexibility index (Phi) is 5.80. The molecule has 0 bridgehead atoms. The summed E-state index contributed by atoms with van der Waals surface area (Å²) in [6.45, 7) is 2.78. The highest BCUT2D eigenvalue weighted by atomic mass is 79.9. The molecule has 3 nitrogen and oxygen atoms in total. The van der Waals surface area contributed by atoms with E-state index in [1.54, 1.807) is 12.1 Å². The Balaban J connectivity index is 2.35. The lowest BCUT2D eigenvalue weighted by Gasteiger charge is -2.31. The SMILES string of the molecule is CCCNC(c1ccc(F)c(Br)c1)C1CCCCS1(=O)=O. The molecule has 1 fully saturated rings. The van der Waals surface area contributed by atoms with Crippen LogP contribution in [-0.4, -0.2) is 26.0 Å². The third-order valence-corrected chi connectivity index (χ3v) is 6.81. The van der Waals surface area contributed by atoms with Crippen molar-refractivity contribution in [3.63, 3.8) is 0 Å². The molecule has 1 saturated heterocycles. The molecule has 2 rings (SSSR count). The summed E-state index contributed by atoms with van der Waals surface area (Å²) >= 11 is 3.18. The minimum atomic E-state index is -3.10. The van der Waals surface area contributed by atoms with Crippen molar-refractivity contribution in [2.75, 3.05) is 12.3 Å². The molecular weight excluding hydrogens is 357 g/mol. The van der Waals surface area contributed by atoms with E-state index in [4.69, 9.17) is 0 Å². The maximum absolute atomic E-state index is 13.4. The van der Waals surface area contributed by atoms with Crippen LogP contribution in [0.1, 0.15) is 44.2 Å². The molecule has 0 aromatic heterocycles. The fourth-order valence-corrected chi connectivity index (χ4v) is 5.32. The Labute approximate surface area is 134 Å². The first-order valence-corrected chi connectivity index (χ1v) is 9.86. The maximum Gasteiger partial charge on any atom is 0.155 e. The second-order valence-electron chi connectivity index (χ2n) is 5.51. The standard InChI is InChI=1S/C15H21BrFNO2S/c1-2-8-18-15(11-6-7-13(17)12(16)10-11)14-5-3-4-9-21(14,19)20/h6-7,10,14-15,18H,2-5,8-9H2,1H3. The van der Waals surface area contributed by atoms with Gasteiger partial charge in [-0.25, -0.2) is 12.8 Å². The summed E-state index contributed by atoms with van der Waals surface area (Å²) in [5.41, 5.74) is 0.826. The van der Waals surface area contributed by atoms with E-state index in [0.29, 0.717) is 10.9 Å². The molecule has 0 spiro atoms. The molecule has 1 aliphatic heterocycles. The largest absolute Gasteiger partial charge is 0.309 e. The molecule has 2 unspecified atom stereocenters. The number of halogens is 2. The molecule has 1 aromatic rings. The van der Waals surface area contributed by atoms with Crippen molar-refractivity contribution in [2.24, 2.45) is 0 Å². The summed E-state index contributed by atoms with van der Waals surface area (Å²) in [5.74, 6) is -0.0795. The zero-order chi connectivity index (χ0) is 15.5. The summed E-state index contributed by atoms with van der Waals surface area (Å²) in [5, 5.41) is 2.91. The molecule has 0 saturated carbocycles. The monoisotopic (exact) mass is 377 g/mol. The maximum atomic E-state index is 13.4. The summed E-state index contributed by atoms with van der Waals surface area (Å²) in [7, 11) is -3.10. The van der Waals surface area contributed by atoms with Crippen molar-refractivity contribution in [1.29, 1.82) is 0 Å². The topological polar surface area (TPSA) is 46.2 Å². The second kappa shape index (κ2) is 7.20. The van der Waals surface area contributed by atoms with E-state index >= 15 is 0 Å². The number of rotatable bonds is 5. The van der Waals surface area contributed by atoms with Crippen molar-refractivity contribution in [3.05, 3.63) is 34.1 Å². The Bertz CT molecular complexity index is 591. The van der Waals surface area contributed by atoms with E-state index in [1.165, 1.54) is 6.07 Å². The lowest BCUT2D eigenvalue weighted by atomic mass is 9.99. The van der Waals surface area contributed by atoms with Gasteiger partial charge in [0.05, 0.1) is 15.5 Å². The first-order valence-electron chi connectivity index (χ1n) is 7.35. The van der Waals surface area contributed by atoms with E-state index in [-0.39, 0.29) is 17.6 Å². The van der Waals surface area contributed by atoms with E-state index in [0.717, 1.165) is 31.4 Å². The predicted molar refractivity (Wildman–Crippen MR) is 86.6 cm³/mol. The van der Waals surface area contributed by atoms with Gasteiger partial charge in [-0.1, -0.05) is 19.4 Å². The summed E-state index contributed by atoms with van der Waals surface area (Å²) in [6.07, 6.45) is 3.26. The van der Waals surface area contributed by atoms with Gasteiger partial charge >= 0.3 is 0 Å². The third-order valence-electron chi connectivity index (χ3n) is 3.92. The van der Waals surface area contributed by atoms with Crippen LogP contribution < -0.4 is 5.32 Å². The molecule has 21 heavy (non-hydrogen) atoms. The predicted octanol–water partition coefficient (Wildman–Crippen LogP) is 3.60. The van der Waals surface area contributed by atoms with Gasteiger partial charge in [-0.3, -0.25) is 0 Å². The van der Waals surface area contributed by atoms with Gasteiger partial charge in [0, 0.05) is 6.04 Å². The highest BCUT2D eigenvalue weighted by molar-refractivity contribution is 9.10. The lowest BCUT2D eigenvalue weighted by molar-refractivity contribution is 0.446. The van der Waals surface area contributed by atoms with Crippen LogP contribution in [-0.2, 0) is 9.84 Å². The number of hydrogen-bond donors (Lipinski definition) is 1. The molecule has 1 N–H and O–H groups in total. The van der Waals surface area contributed by atoms with Crippen LogP contribution in [0, 0.1) is 5.82 Å². The molecule has 0 radical (unpaired) electrons. The van der Waals surface area contributed by atoms with Gasteiger partial charge in [-0.2, -0.15) is 0 Å². The summed E-state index contributed by atoms with van der Waals surface area (Å²) in [4.78, 5) is 0. The Morgan fingerprint density at radius 1 is 1.43 bits per heavy atom. The molecule has 0 aliphatic carbocycles. The van der Waals surface area contributed by atoms with E-state index in [1.807, 2.05) is 6.92 Å². The number of sulfone groups is 1. The number of benzene rings is 1. The zero-order valence-corrected chi connectivity index (χ0v) is 14.5. The van der Waals surface area contributed by atoms with Gasteiger partial charge in [-0.05, 0) is 59.4 Å². The van der Waals surface area contributed by atoms with Gasteiger partial charge in [0.1, 0.15) is 5.82 Å². The Hall–Kier alpha value is -0.460. The fourth-order valence-electron chi connectivity index (χ4n) is 2.82. The molecule has 6 heteroatoms. The van der Waals surface area contributed by atoms with E-state index in [9.17, 15) is 12.8 Å². The van der Waals surface area contributed by atoms with Gasteiger partial charge in [0.15, 0.2) is 9.84 Å². The summed E-state index contributed by atoms with van der Waals surface area (Å²) in [6, 6.07) is 4.48. The van der Waals surface area contributed by atoms with Crippen molar-refractivity contribution >= 4 is 25.8 Å². The first-order chi connectivity index (χ1) is 9.95. The highest BCUT2D eigenvalue weighted by Gasteiger charge is 2.36. The molecular formula is C15H21BrFNO2S. The van der Waals surface area contributed by atoms with Gasteiger partial charge < -0.3 is 5.32 Å². The van der Waals surface area contributed by atoms with E-state index < -0.39 is 15.1 Å². The van der Waals surface area contributed by atoms with Crippen molar-refractivity contribution in [2.45, 2.75) is 43.9 Å². The molecule has 118 valence electrons. The smallest absolute Gasteiger partial charge is 0.155 e. The second-order valence-corrected chi connectivity index (χ2v) is 8.70. The van der Waals surface area contributed by atoms with Crippen LogP contribution in [0.25, 0.3) is 0 Å². The quantitative estimate of drug-likeness (QED) is 0.852. The van der Waals surface area contributed by atoms with Crippen molar-refractivity contribution in [3.8, 4) is 0 Å². The minimum absolute atomic E-state index is 0.254. The molecule has 2 atom stereocenters. The molecule has 1 heterocycles. The fraction of sp³-hybridized carbons (Fsp3) is 0.600. The molecule has 1 aliphatic rings. The first kappa shape index (κ1) is 16.9. The van der Waals surface area contributed by atoms with Gasteiger partial charge in [0.25, 0.3) is 0 Å². The molecule has 0 amide bonds. The normalized spacial score (nSPS) is 22.9. The van der Waals surface area contributed by atoms with Crippen LogP contribution in [0.15, 0.2) is 22.7 Å². The Morgan fingerprint density at radius 2 is 2.19 bits per heavy atom. The van der Waals surface area contributed by atoms with Crippen molar-refractivity contribution < 1.29 is 12.8 Å². The van der Waals surface area contributed by atoms with Crippen LogP contribution in [0.2, 0.25) is 0 Å². The van der Waals surface area contributed by atoms with Crippen LogP contribution >= 0.6 is 15.9 Å². The number of hydrogen-bond acceptors (Lipinski definition) is 3.